The average molecular weight is 295 g/mol. The first kappa shape index (κ1) is 13.6. The number of amides is 1. The third-order valence-electron chi connectivity index (χ3n) is 4.02. The topological polar surface area (TPSA) is 66.8 Å². The van der Waals surface area contributed by atoms with Crippen molar-refractivity contribution in [3.63, 3.8) is 0 Å². The van der Waals surface area contributed by atoms with Gasteiger partial charge in [0.05, 0.1) is 23.6 Å². The van der Waals surface area contributed by atoms with Crippen LogP contribution in [0.1, 0.15) is 45.0 Å². The third kappa shape index (κ3) is 2.45. The smallest absolute Gasteiger partial charge is 0.345 e. The molecule has 2 aliphatic rings. The molecule has 1 N–H and O–H groups in total. The standard InChI is InChI=1S/C14H17NO4S/c16-13(11-5-6-12(20-11)14(17)18)15-7-8-19-10-4-2-1-3-9(10)15/h5-6,9-10H,1-4,7-8H2,(H,17,18). The predicted molar refractivity (Wildman–Crippen MR) is 74.3 cm³/mol. The highest BCUT2D eigenvalue weighted by Crippen LogP contribution is 2.30. The maximum absolute atomic E-state index is 12.6. The van der Waals surface area contributed by atoms with Crippen molar-refractivity contribution in [3.05, 3.63) is 21.9 Å². The molecule has 2 heterocycles. The van der Waals surface area contributed by atoms with Gasteiger partial charge in [-0.05, 0) is 25.0 Å². The van der Waals surface area contributed by atoms with Crippen molar-refractivity contribution in [2.45, 2.75) is 37.8 Å². The van der Waals surface area contributed by atoms with Gasteiger partial charge in [-0.2, -0.15) is 0 Å². The summed E-state index contributed by atoms with van der Waals surface area (Å²) in [5.41, 5.74) is 0. The fourth-order valence-electron chi connectivity index (χ4n) is 3.06. The summed E-state index contributed by atoms with van der Waals surface area (Å²) in [6, 6.07) is 3.27. The first-order chi connectivity index (χ1) is 9.66. The van der Waals surface area contributed by atoms with Crippen LogP contribution in [0.15, 0.2) is 12.1 Å². The van der Waals surface area contributed by atoms with Gasteiger partial charge in [0.1, 0.15) is 4.88 Å². The molecule has 1 aliphatic heterocycles. The number of carbonyl (C=O) groups excluding carboxylic acids is 1. The number of rotatable bonds is 2. The molecule has 0 aromatic carbocycles. The summed E-state index contributed by atoms with van der Waals surface area (Å²) in [7, 11) is 0. The van der Waals surface area contributed by atoms with Crippen LogP contribution in [0.25, 0.3) is 0 Å². The summed E-state index contributed by atoms with van der Waals surface area (Å²) < 4.78 is 5.76. The van der Waals surface area contributed by atoms with Gasteiger partial charge in [-0.3, -0.25) is 4.79 Å². The van der Waals surface area contributed by atoms with Crippen LogP contribution in [-0.4, -0.2) is 47.2 Å². The van der Waals surface area contributed by atoms with Crippen LogP contribution in [-0.2, 0) is 4.74 Å². The van der Waals surface area contributed by atoms with E-state index in [1.165, 1.54) is 6.07 Å². The Labute approximate surface area is 121 Å². The minimum absolute atomic E-state index is 0.0531. The number of carbonyl (C=O) groups is 2. The normalized spacial score (nSPS) is 26.1. The zero-order chi connectivity index (χ0) is 14.1. The minimum Gasteiger partial charge on any atom is -0.477 e. The van der Waals surface area contributed by atoms with Crippen molar-refractivity contribution >= 4 is 23.2 Å². The van der Waals surface area contributed by atoms with E-state index in [1.54, 1.807) is 6.07 Å². The van der Waals surface area contributed by atoms with E-state index < -0.39 is 5.97 Å². The molecule has 2 atom stereocenters. The first-order valence-corrected chi connectivity index (χ1v) is 7.74. The molecule has 1 aliphatic carbocycles. The Balaban J connectivity index is 1.79. The molecule has 5 nitrogen and oxygen atoms in total. The van der Waals surface area contributed by atoms with Gasteiger partial charge in [-0.25, -0.2) is 4.79 Å². The van der Waals surface area contributed by atoms with Gasteiger partial charge >= 0.3 is 5.97 Å². The first-order valence-electron chi connectivity index (χ1n) is 6.92. The van der Waals surface area contributed by atoms with Crippen molar-refractivity contribution in [2.24, 2.45) is 0 Å². The van der Waals surface area contributed by atoms with Crippen molar-refractivity contribution in [1.82, 2.24) is 4.90 Å². The molecule has 3 rings (SSSR count). The number of carboxylic acids is 1. The van der Waals surface area contributed by atoms with Gasteiger partial charge < -0.3 is 14.7 Å². The molecule has 2 fully saturated rings. The number of thiophene rings is 1. The molecule has 1 aromatic heterocycles. The molecule has 20 heavy (non-hydrogen) atoms. The lowest BCUT2D eigenvalue weighted by molar-refractivity contribution is -0.0751. The van der Waals surface area contributed by atoms with E-state index in [-0.39, 0.29) is 22.9 Å². The lowest BCUT2D eigenvalue weighted by Crippen LogP contribution is -2.54. The van der Waals surface area contributed by atoms with Gasteiger partial charge in [0.15, 0.2) is 0 Å². The maximum atomic E-state index is 12.6. The molecule has 1 saturated heterocycles. The van der Waals surface area contributed by atoms with Crippen molar-refractivity contribution in [1.29, 1.82) is 0 Å². The van der Waals surface area contributed by atoms with Gasteiger partial charge in [-0.1, -0.05) is 12.8 Å². The Morgan fingerprint density at radius 3 is 2.75 bits per heavy atom. The maximum Gasteiger partial charge on any atom is 0.345 e. The van der Waals surface area contributed by atoms with Crippen LogP contribution in [0, 0.1) is 0 Å². The molecule has 0 radical (unpaired) electrons. The number of nitrogens with zero attached hydrogens (tertiary/aromatic N) is 1. The summed E-state index contributed by atoms with van der Waals surface area (Å²) in [5.74, 6) is -1.03. The molecule has 108 valence electrons. The van der Waals surface area contributed by atoms with Crippen LogP contribution >= 0.6 is 11.3 Å². The van der Waals surface area contributed by atoms with E-state index in [0.29, 0.717) is 18.0 Å². The highest BCUT2D eigenvalue weighted by atomic mass is 32.1. The van der Waals surface area contributed by atoms with E-state index in [4.69, 9.17) is 9.84 Å². The Morgan fingerprint density at radius 2 is 2.00 bits per heavy atom. The quantitative estimate of drug-likeness (QED) is 0.908. The van der Waals surface area contributed by atoms with Crippen LogP contribution in [0.5, 0.6) is 0 Å². The summed E-state index contributed by atoms with van der Waals surface area (Å²) in [5, 5.41) is 8.94. The molecule has 2 unspecified atom stereocenters. The van der Waals surface area contributed by atoms with E-state index >= 15 is 0 Å². The zero-order valence-corrected chi connectivity index (χ0v) is 11.9. The molecule has 0 spiro atoms. The molecule has 6 heteroatoms. The van der Waals surface area contributed by atoms with E-state index in [0.717, 1.165) is 37.0 Å². The Hall–Kier alpha value is -1.40. The van der Waals surface area contributed by atoms with Gasteiger partial charge in [-0.15, -0.1) is 11.3 Å². The molecule has 1 aromatic rings. The highest BCUT2D eigenvalue weighted by Gasteiger charge is 2.37. The van der Waals surface area contributed by atoms with Crippen LogP contribution in [0.2, 0.25) is 0 Å². The minimum atomic E-state index is -0.980. The zero-order valence-electron chi connectivity index (χ0n) is 11.1. The van der Waals surface area contributed by atoms with Crippen molar-refractivity contribution in [3.8, 4) is 0 Å². The van der Waals surface area contributed by atoms with Gasteiger partial charge in [0, 0.05) is 6.54 Å². The van der Waals surface area contributed by atoms with Gasteiger partial charge in [0.2, 0.25) is 0 Å². The summed E-state index contributed by atoms with van der Waals surface area (Å²) in [6.07, 6.45) is 4.43. The monoisotopic (exact) mass is 295 g/mol. The average Bonchev–Trinajstić information content (AvgIpc) is 2.96. The van der Waals surface area contributed by atoms with E-state index in [1.807, 2.05) is 4.90 Å². The summed E-state index contributed by atoms with van der Waals surface area (Å²) >= 11 is 1.05. The second-order valence-corrected chi connectivity index (χ2v) is 6.31. The third-order valence-corrected chi connectivity index (χ3v) is 5.08. The van der Waals surface area contributed by atoms with Crippen LogP contribution < -0.4 is 0 Å². The number of aromatic carboxylic acids is 1. The number of fused-ring (bicyclic) bond motifs is 1. The molecule has 0 bridgehead atoms. The summed E-state index contributed by atoms with van der Waals surface area (Å²) in [6.45, 7) is 1.17. The summed E-state index contributed by atoms with van der Waals surface area (Å²) in [4.78, 5) is 26.1. The van der Waals surface area contributed by atoms with E-state index in [9.17, 15) is 9.59 Å². The lowest BCUT2D eigenvalue weighted by atomic mass is 9.90. The van der Waals surface area contributed by atoms with Crippen molar-refractivity contribution in [2.75, 3.05) is 13.2 Å². The largest absolute Gasteiger partial charge is 0.477 e. The lowest BCUT2D eigenvalue weighted by Gasteiger charge is -2.43. The molecular formula is C14H17NO4S. The SMILES string of the molecule is O=C(O)c1ccc(C(=O)N2CCOC3CCCCC32)s1. The highest BCUT2D eigenvalue weighted by molar-refractivity contribution is 7.15. The van der Waals surface area contributed by atoms with Crippen LogP contribution in [0.3, 0.4) is 0 Å². The number of hydrogen-bond acceptors (Lipinski definition) is 4. The van der Waals surface area contributed by atoms with Crippen molar-refractivity contribution < 1.29 is 19.4 Å². The predicted octanol–water partition coefficient (Wildman–Crippen LogP) is 2.23. The van der Waals surface area contributed by atoms with Crippen LogP contribution in [0.4, 0.5) is 0 Å². The molecular weight excluding hydrogens is 278 g/mol. The number of ether oxygens (including phenoxy) is 1. The Kier molecular flexibility index (Phi) is 3.76. The second kappa shape index (κ2) is 5.54. The fourth-order valence-corrected chi connectivity index (χ4v) is 3.86. The number of morpholine rings is 1. The van der Waals surface area contributed by atoms with E-state index in [2.05, 4.69) is 0 Å². The Bertz CT molecular complexity index is 525. The Morgan fingerprint density at radius 1 is 1.25 bits per heavy atom. The second-order valence-electron chi connectivity index (χ2n) is 5.23. The fraction of sp³-hybridized carbons (Fsp3) is 0.571. The number of hydrogen-bond donors (Lipinski definition) is 1. The molecule has 1 saturated carbocycles. The number of carboxylic acid groups (broad SMARTS) is 1. The molecule has 1 amide bonds. The van der Waals surface area contributed by atoms with Gasteiger partial charge in [0.25, 0.3) is 5.91 Å².